The Morgan fingerprint density at radius 2 is 2.00 bits per heavy atom. The minimum absolute atomic E-state index is 0.133. The van der Waals surface area contributed by atoms with Crippen molar-refractivity contribution in [2.24, 2.45) is 0 Å². The van der Waals surface area contributed by atoms with Gasteiger partial charge in [-0.2, -0.15) is 0 Å². The molecule has 1 saturated carbocycles. The molecule has 0 aromatic heterocycles. The van der Waals surface area contributed by atoms with E-state index in [2.05, 4.69) is 16.1 Å². The largest absolute Gasteiger partial charge is 0.313 e. The molecule has 1 aliphatic carbocycles. The molecule has 0 amide bonds. The topological polar surface area (TPSA) is 58.2 Å². The van der Waals surface area contributed by atoms with Gasteiger partial charge in [-0.1, -0.05) is 36.7 Å². The third kappa shape index (κ3) is 4.19. The van der Waals surface area contributed by atoms with E-state index in [-0.39, 0.29) is 5.75 Å². The average Bonchev–Trinajstić information content (AvgIpc) is 2.33. The van der Waals surface area contributed by atoms with Crippen LogP contribution < -0.4 is 10.0 Å². The summed E-state index contributed by atoms with van der Waals surface area (Å²) < 4.78 is 25.4. The molecule has 4 nitrogen and oxygen atoms in total. The van der Waals surface area contributed by atoms with Gasteiger partial charge >= 0.3 is 0 Å². The van der Waals surface area contributed by atoms with Crippen LogP contribution in [0.3, 0.4) is 0 Å². The van der Waals surface area contributed by atoms with Crippen LogP contribution in [0.4, 0.5) is 0 Å². The highest BCUT2D eigenvalue weighted by Gasteiger charge is 2.31. The SMILES string of the molecule is CCNS(=O)(=O)CCNC1CC(c2ccccc2Cl)C1. The molecule has 1 fully saturated rings. The lowest BCUT2D eigenvalue weighted by molar-refractivity contribution is 0.296. The van der Waals surface area contributed by atoms with Gasteiger partial charge in [0.2, 0.25) is 10.0 Å². The summed E-state index contributed by atoms with van der Waals surface area (Å²) in [6.07, 6.45) is 2.04. The Kier molecular flexibility index (Phi) is 5.43. The molecule has 2 N–H and O–H groups in total. The Balaban J connectivity index is 1.71. The predicted octanol–water partition coefficient (Wildman–Crippen LogP) is 2.11. The van der Waals surface area contributed by atoms with Crippen LogP contribution in [-0.2, 0) is 10.0 Å². The van der Waals surface area contributed by atoms with E-state index in [1.165, 1.54) is 5.56 Å². The molecule has 0 spiro atoms. The summed E-state index contributed by atoms with van der Waals surface area (Å²) in [5, 5.41) is 4.12. The van der Waals surface area contributed by atoms with Gasteiger partial charge in [0.05, 0.1) is 5.75 Å². The molecule has 0 atom stereocenters. The van der Waals surface area contributed by atoms with E-state index >= 15 is 0 Å². The molecule has 0 radical (unpaired) electrons. The van der Waals surface area contributed by atoms with Crippen LogP contribution in [0.5, 0.6) is 0 Å². The zero-order chi connectivity index (χ0) is 14.6. The Morgan fingerprint density at radius 1 is 1.30 bits per heavy atom. The first kappa shape index (κ1) is 15.8. The first-order valence-electron chi connectivity index (χ1n) is 6.97. The molecular weight excluding hydrogens is 296 g/mol. The number of hydrogen-bond donors (Lipinski definition) is 2. The van der Waals surface area contributed by atoms with Crippen molar-refractivity contribution in [3.8, 4) is 0 Å². The standard InChI is InChI=1S/C14H21ClN2O2S/c1-2-17-20(18,19)8-7-16-12-9-11(10-12)13-5-3-4-6-14(13)15/h3-6,11-12,16-17H,2,7-10H2,1H3. The van der Waals surface area contributed by atoms with Crippen molar-refractivity contribution < 1.29 is 8.42 Å². The van der Waals surface area contributed by atoms with E-state index in [1.54, 1.807) is 6.92 Å². The summed E-state index contributed by atoms with van der Waals surface area (Å²) in [6.45, 7) is 2.72. The summed E-state index contributed by atoms with van der Waals surface area (Å²) in [4.78, 5) is 0. The Labute approximate surface area is 126 Å². The number of rotatable bonds is 7. The van der Waals surface area contributed by atoms with Crippen LogP contribution in [0.15, 0.2) is 24.3 Å². The lowest BCUT2D eigenvalue weighted by Gasteiger charge is -2.36. The van der Waals surface area contributed by atoms with Crippen LogP contribution >= 0.6 is 11.6 Å². The molecular formula is C14H21ClN2O2S. The van der Waals surface area contributed by atoms with Gasteiger partial charge in [0.15, 0.2) is 0 Å². The zero-order valence-corrected chi connectivity index (χ0v) is 13.2. The fourth-order valence-electron chi connectivity index (χ4n) is 2.53. The molecule has 2 rings (SSSR count). The molecule has 0 saturated heterocycles. The second-order valence-electron chi connectivity index (χ2n) is 5.16. The van der Waals surface area contributed by atoms with Crippen molar-refractivity contribution in [3.05, 3.63) is 34.9 Å². The highest BCUT2D eigenvalue weighted by Crippen LogP contribution is 2.39. The quantitative estimate of drug-likeness (QED) is 0.810. The maximum Gasteiger partial charge on any atom is 0.212 e. The number of sulfonamides is 1. The van der Waals surface area contributed by atoms with Gasteiger partial charge in [0.1, 0.15) is 0 Å². The van der Waals surface area contributed by atoms with Crippen molar-refractivity contribution in [1.82, 2.24) is 10.0 Å². The maximum absolute atomic E-state index is 11.5. The van der Waals surface area contributed by atoms with Crippen LogP contribution in [0.1, 0.15) is 31.2 Å². The van der Waals surface area contributed by atoms with E-state index in [1.807, 2.05) is 18.2 Å². The number of hydrogen-bond acceptors (Lipinski definition) is 3. The Hall–Kier alpha value is -0.620. The second-order valence-corrected chi connectivity index (χ2v) is 7.49. The molecule has 1 aromatic carbocycles. The second kappa shape index (κ2) is 6.89. The number of halogens is 1. The van der Waals surface area contributed by atoms with Crippen LogP contribution in [0.2, 0.25) is 5.02 Å². The van der Waals surface area contributed by atoms with E-state index in [0.29, 0.717) is 25.0 Å². The summed E-state index contributed by atoms with van der Waals surface area (Å²) in [6, 6.07) is 8.32. The maximum atomic E-state index is 11.5. The van der Waals surface area contributed by atoms with E-state index in [0.717, 1.165) is 17.9 Å². The minimum Gasteiger partial charge on any atom is -0.313 e. The van der Waals surface area contributed by atoms with E-state index < -0.39 is 10.0 Å². The molecule has 1 aliphatic rings. The van der Waals surface area contributed by atoms with Gasteiger partial charge in [0.25, 0.3) is 0 Å². The van der Waals surface area contributed by atoms with Crippen molar-refractivity contribution in [2.75, 3.05) is 18.8 Å². The monoisotopic (exact) mass is 316 g/mol. The fraction of sp³-hybridized carbons (Fsp3) is 0.571. The zero-order valence-electron chi connectivity index (χ0n) is 11.6. The average molecular weight is 317 g/mol. The van der Waals surface area contributed by atoms with Gasteiger partial charge in [-0.05, 0) is 30.4 Å². The normalized spacial score (nSPS) is 22.5. The molecule has 0 bridgehead atoms. The van der Waals surface area contributed by atoms with Crippen LogP contribution in [0, 0.1) is 0 Å². The summed E-state index contributed by atoms with van der Waals surface area (Å²) in [5.41, 5.74) is 1.20. The predicted molar refractivity (Wildman–Crippen MR) is 82.7 cm³/mol. The third-order valence-electron chi connectivity index (χ3n) is 3.65. The Bertz CT molecular complexity index is 542. The molecule has 20 heavy (non-hydrogen) atoms. The summed E-state index contributed by atoms with van der Waals surface area (Å²) >= 11 is 6.17. The first-order valence-corrected chi connectivity index (χ1v) is 9.00. The highest BCUT2D eigenvalue weighted by atomic mass is 35.5. The molecule has 112 valence electrons. The number of nitrogens with one attached hydrogen (secondary N) is 2. The van der Waals surface area contributed by atoms with Crippen molar-refractivity contribution >= 4 is 21.6 Å². The lowest BCUT2D eigenvalue weighted by Crippen LogP contribution is -2.43. The fourth-order valence-corrected chi connectivity index (χ4v) is 3.79. The van der Waals surface area contributed by atoms with Gasteiger partial charge in [-0.25, -0.2) is 13.1 Å². The van der Waals surface area contributed by atoms with Crippen LogP contribution in [-0.4, -0.2) is 33.3 Å². The van der Waals surface area contributed by atoms with Gasteiger partial charge in [0, 0.05) is 24.2 Å². The summed E-state index contributed by atoms with van der Waals surface area (Å²) in [7, 11) is -3.12. The van der Waals surface area contributed by atoms with E-state index in [4.69, 9.17) is 11.6 Å². The molecule has 1 aromatic rings. The van der Waals surface area contributed by atoms with Crippen LogP contribution in [0.25, 0.3) is 0 Å². The van der Waals surface area contributed by atoms with Crippen molar-refractivity contribution in [1.29, 1.82) is 0 Å². The third-order valence-corrected chi connectivity index (χ3v) is 5.47. The molecule has 0 unspecified atom stereocenters. The van der Waals surface area contributed by atoms with Gasteiger partial charge in [-0.15, -0.1) is 0 Å². The highest BCUT2D eigenvalue weighted by molar-refractivity contribution is 7.89. The van der Waals surface area contributed by atoms with Crippen molar-refractivity contribution in [2.45, 2.75) is 31.7 Å². The summed E-state index contributed by atoms with van der Waals surface area (Å²) in [5.74, 6) is 0.625. The van der Waals surface area contributed by atoms with Gasteiger partial charge < -0.3 is 5.32 Å². The first-order chi connectivity index (χ1) is 9.52. The van der Waals surface area contributed by atoms with E-state index in [9.17, 15) is 8.42 Å². The smallest absolute Gasteiger partial charge is 0.212 e. The van der Waals surface area contributed by atoms with Crippen molar-refractivity contribution in [3.63, 3.8) is 0 Å². The molecule has 0 aliphatic heterocycles. The number of benzene rings is 1. The minimum atomic E-state index is -3.12. The Morgan fingerprint density at radius 3 is 2.65 bits per heavy atom. The van der Waals surface area contributed by atoms with Gasteiger partial charge in [-0.3, -0.25) is 0 Å². The molecule has 0 heterocycles. The molecule has 6 heteroatoms. The lowest BCUT2D eigenvalue weighted by atomic mass is 9.76.